The van der Waals surface area contributed by atoms with Crippen LogP contribution >= 0.6 is 0 Å². The normalized spacial score (nSPS) is 10.5. The summed E-state index contributed by atoms with van der Waals surface area (Å²) in [6.45, 7) is 10.6. The van der Waals surface area contributed by atoms with E-state index in [1.165, 1.54) is 38.1 Å². The van der Waals surface area contributed by atoms with Gasteiger partial charge in [0.2, 0.25) is 0 Å². The van der Waals surface area contributed by atoms with Crippen molar-refractivity contribution < 1.29 is 13.6 Å². The monoisotopic (exact) mass is 466 g/mol. The van der Waals surface area contributed by atoms with Crippen LogP contribution in [0.4, 0.5) is 8.78 Å². The molecule has 0 unspecified atom stereocenters. The minimum Gasteiger partial charge on any atom is -0.317 e. The average Bonchev–Trinajstić information content (AvgIpc) is 2.81. The molecule has 0 saturated carbocycles. The molecule has 5 heteroatoms. The number of nitrogens with one attached hydrogen (secondary N) is 1. The fourth-order valence-corrected chi connectivity index (χ4v) is 3.59. The van der Waals surface area contributed by atoms with Gasteiger partial charge in [0, 0.05) is 29.1 Å². The molecule has 1 aromatic heterocycles. The van der Waals surface area contributed by atoms with Crippen LogP contribution in [0.1, 0.15) is 71.4 Å². The van der Waals surface area contributed by atoms with E-state index in [1.807, 2.05) is 38.1 Å². The Kier molecular flexibility index (Phi) is 11.5. The second kappa shape index (κ2) is 14.4. The van der Waals surface area contributed by atoms with Crippen molar-refractivity contribution in [2.75, 3.05) is 13.1 Å². The van der Waals surface area contributed by atoms with Gasteiger partial charge in [-0.3, -0.25) is 9.78 Å². The molecule has 1 N–H and O–H groups in total. The predicted octanol–water partition coefficient (Wildman–Crippen LogP) is 6.78. The van der Waals surface area contributed by atoms with Crippen molar-refractivity contribution in [2.45, 2.75) is 59.8 Å². The van der Waals surface area contributed by atoms with Gasteiger partial charge >= 0.3 is 0 Å². The van der Waals surface area contributed by atoms with E-state index < -0.39 is 11.6 Å². The number of aromatic nitrogens is 1. The number of aryl methyl sites for hydroxylation is 4. The quantitative estimate of drug-likeness (QED) is 0.265. The first kappa shape index (κ1) is 27.3. The maximum Gasteiger partial charge on any atom is 0.194 e. The van der Waals surface area contributed by atoms with Crippen molar-refractivity contribution in [1.82, 2.24) is 10.3 Å². The number of benzene rings is 2. The average molecular weight is 467 g/mol. The van der Waals surface area contributed by atoms with Gasteiger partial charge in [0.15, 0.2) is 5.78 Å². The third kappa shape index (κ3) is 8.79. The molecule has 0 aliphatic carbocycles. The number of halogens is 2. The van der Waals surface area contributed by atoms with Crippen LogP contribution in [0.15, 0.2) is 54.7 Å². The summed E-state index contributed by atoms with van der Waals surface area (Å²) in [4.78, 5) is 17.0. The van der Waals surface area contributed by atoms with Gasteiger partial charge in [0.25, 0.3) is 0 Å². The van der Waals surface area contributed by atoms with E-state index in [9.17, 15) is 13.6 Å². The van der Waals surface area contributed by atoms with Crippen molar-refractivity contribution in [3.8, 4) is 0 Å². The van der Waals surface area contributed by atoms with E-state index in [-0.39, 0.29) is 5.78 Å². The molecule has 0 radical (unpaired) electrons. The lowest BCUT2D eigenvalue weighted by Crippen LogP contribution is -2.14. The molecule has 3 nitrogen and oxygen atoms in total. The van der Waals surface area contributed by atoms with Gasteiger partial charge in [-0.1, -0.05) is 43.7 Å². The lowest BCUT2D eigenvalue weighted by molar-refractivity contribution is 0.103. The smallest absolute Gasteiger partial charge is 0.194 e. The van der Waals surface area contributed by atoms with Crippen LogP contribution in [-0.4, -0.2) is 23.9 Å². The lowest BCUT2D eigenvalue weighted by Gasteiger charge is -2.07. The predicted molar refractivity (Wildman–Crippen MR) is 135 cm³/mol. The minimum absolute atomic E-state index is 0.0417. The Balaban J connectivity index is 0.000000509. The van der Waals surface area contributed by atoms with Crippen LogP contribution in [0.2, 0.25) is 0 Å². The Bertz CT molecular complexity index is 1040. The molecule has 0 spiro atoms. The number of hydrogen-bond acceptors (Lipinski definition) is 3. The molecule has 34 heavy (non-hydrogen) atoms. The Labute approximate surface area is 202 Å². The molecule has 182 valence electrons. The molecule has 0 fully saturated rings. The molecule has 2 aromatic carbocycles. The second-order valence-corrected chi connectivity index (χ2v) is 8.52. The largest absolute Gasteiger partial charge is 0.317 e. The number of rotatable bonds is 10. The van der Waals surface area contributed by atoms with Crippen molar-refractivity contribution >= 4 is 5.78 Å². The van der Waals surface area contributed by atoms with Gasteiger partial charge in [0.05, 0.1) is 0 Å². The topological polar surface area (TPSA) is 42.0 Å². The Hall–Kier alpha value is -2.92. The van der Waals surface area contributed by atoms with E-state index in [4.69, 9.17) is 0 Å². The van der Waals surface area contributed by atoms with Gasteiger partial charge in [-0.05, 0) is 88.4 Å². The van der Waals surface area contributed by atoms with E-state index >= 15 is 0 Å². The molecule has 3 rings (SSSR count). The Morgan fingerprint density at radius 2 is 1.65 bits per heavy atom. The molecule has 0 atom stereocenters. The number of hydrogen-bond donors (Lipinski definition) is 1. The molecule has 1 heterocycles. The summed E-state index contributed by atoms with van der Waals surface area (Å²) in [5, 5.41) is 3.28. The van der Waals surface area contributed by atoms with Crippen LogP contribution in [0.25, 0.3) is 0 Å². The molecular weight excluding hydrogens is 430 g/mol. The van der Waals surface area contributed by atoms with Crippen LogP contribution in [0.3, 0.4) is 0 Å². The maximum atomic E-state index is 13.6. The van der Waals surface area contributed by atoms with E-state index in [1.54, 1.807) is 12.3 Å². The zero-order chi connectivity index (χ0) is 24.9. The van der Waals surface area contributed by atoms with Gasteiger partial charge in [-0.15, -0.1) is 0 Å². The van der Waals surface area contributed by atoms with Crippen LogP contribution in [0.5, 0.6) is 0 Å². The standard InChI is InChI=1S/C23H21F2NO.C6H15N/c1-15-6-11-21(16(2)12-15)23(27)18-8-10-20(26-14-18)5-3-4-17-7-9-19(24)13-22(17)25;1-3-5-7-6-4-2/h6-14H,3-5H2,1-2H3;7H,3-6H2,1-2H3. The van der Waals surface area contributed by atoms with E-state index in [0.29, 0.717) is 36.0 Å². The van der Waals surface area contributed by atoms with Crippen LogP contribution in [0, 0.1) is 25.5 Å². The number of ketones is 1. The van der Waals surface area contributed by atoms with Gasteiger partial charge in [-0.25, -0.2) is 8.78 Å². The fraction of sp³-hybridized carbons (Fsp3) is 0.379. The zero-order valence-corrected chi connectivity index (χ0v) is 20.8. The van der Waals surface area contributed by atoms with E-state index in [2.05, 4.69) is 24.1 Å². The van der Waals surface area contributed by atoms with Crippen LogP contribution < -0.4 is 5.32 Å². The molecule has 0 aliphatic heterocycles. The Morgan fingerprint density at radius 1 is 0.912 bits per heavy atom. The summed E-state index contributed by atoms with van der Waals surface area (Å²) in [5.41, 5.74) is 4.64. The first-order chi connectivity index (χ1) is 16.3. The van der Waals surface area contributed by atoms with Crippen molar-refractivity contribution in [3.05, 3.63) is 99.9 Å². The third-order valence-corrected chi connectivity index (χ3v) is 5.46. The maximum absolute atomic E-state index is 13.6. The highest BCUT2D eigenvalue weighted by atomic mass is 19.1. The second-order valence-electron chi connectivity index (χ2n) is 8.52. The van der Waals surface area contributed by atoms with Crippen molar-refractivity contribution in [2.24, 2.45) is 0 Å². The summed E-state index contributed by atoms with van der Waals surface area (Å²) < 4.78 is 26.6. The van der Waals surface area contributed by atoms with Gasteiger partial charge in [-0.2, -0.15) is 0 Å². The zero-order valence-electron chi connectivity index (χ0n) is 20.8. The summed E-state index contributed by atoms with van der Waals surface area (Å²) >= 11 is 0. The number of nitrogens with zero attached hydrogens (tertiary/aromatic N) is 1. The Morgan fingerprint density at radius 3 is 2.24 bits per heavy atom. The highest BCUT2D eigenvalue weighted by Gasteiger charge is 2.12. The fourth-order valence-electron chi connectivity index (χ4n) is 3.59. The van der Waals surface area contributed by atoms with Crippen LogP contribution in [-0.2, 0) is 12.8 Å². The summed E-state index contributed by atoms with van der Waals surface area (Å²) in [6, 6.07) is 13.0. The molecule has 0 amide bonds. The number of carbonyl (C=O) groups is 1. The van der Waals surface area contributed by atoms with E-state index in [0.717, 1.165) is 22.9 Å². The molecule has 3 aromatic rings. The van der Waals surface area contributed by atoms with Gasteiger partial charge in [0.1, 0.15) is 11.6 Å². The van der Waals surface area contributed by atoms with Crippen molar-refractivity contribution in [1.29, 1.82) is 0 Å². The minimum atomic E-state index is -0.568. The SMILES string of the molecule is CCCNCCC.Cc1ccc(C(=O)c2ccc(CCCc3ccc(F)cc3F)nc2)c(C)c1. The third-order valence-electron chi connectivity index (χ3n) is 5.46. The molecule has 0 aliphatic rings. The highest BCUT2D eigenvalue weighted by molar-refractivity contribution is 6.09. The van der Waals surface area contributed by atoms with Gasteiger partial charge < -0.3 is 5.32 Å². The highest BCUT2D eigenvalue weighted by Crippen LogP contribution is 2.17. The lowest BCUT2D eigenvalue weighted by atomic mass is 9.98. The first-order valence-electron chi connectivity index (χ1n) is 12.1. The number of pyridine rings is 1. The summed E-state index contributed by atoms with van der Waals surface area (Å²) in [6.07, 6.45) is 5.96. The molecule has 0 saturated heterocycles. The number of carbonyl (C=O) groups excluding carboxylic acids is 1. The first-order valence-corrected chi connectivity index (χ1v) is 12.1. The molecular formula is C29H36F2N2O. The van der Waals surface area contributed by atoms with Crippen molar-refractivity contribution in [3.63, 3.8) is 0 Å². The summed E-state index contributed by atoms with van der Waals surface area (Å²) in [5.74, 6) is -1.13. The summed E-state index contributed by atoms with van der Waals surface area (Å²) in [7, 11) is 0. The molecule has 0 bridgehead atoms.